The summed E-state index contributed by atoms with van der Waals surface area (Å²) in [6.45, 7) is 1.40. The first-order valence-corrected chi connectivity index (χ1v) is 5.66. The molecule has 2 N–H and O–H groups in total. The van der Waals surface area contributed by atoms with E-state index in [4.69, 9.17) is 11.0 Å². The lowest BCUT2D eigenvalue weighted by molar-refractivity contribution is 0.798. The average Bonchev–Trinajstić information content (AvgIpc) is 2.78. The van der Waals surface area contributed by atoms with Gasteiger partial charge < -0.3 is 10.3 Å². The van der Waals surface area contributed by atoms with Crippen LogP contribution in [0.4, 0.5) is 0 Å². The molecule has 3 nitrogen and oxygen atoms in total. The van der Waals surface area contributed by atoms with E-state index in [1.54, 1.807) is 0 Å². The van der Waals surface area contributed by atoms with Gasteiger partial charge in [-0.15, -0.1) is 0 Å². The van der Waals surface area contributed by atoms with Gasteiger partial charge in [0.05, 0.1) is 11.6 Å². The average molecular weight is 225 g/mol. The second-order valence-electron chi connectivity index (χ2n) is 4.00. The first kappa shape index (κ1) is 11.4. The minimum absolute atomic E-state index is 0.665. The van der Waals surface area contributed by atoms with Gasteiger partial charge in [0.15, 0.2) is 0 Å². The summed E-state index contributed by atoms with van der Waals surface area (Å²) in [5.74, 6) is 0. The molecule has 1 aromatic carbocycles. The molecule has 3 heteroatoms. The molecule has 0 aliphatic carbocycles. The van der Waals surface area contributed by atoms with Crippen LogP contribution in [0.2, 0.25) is 0 Å². The van der Waals surface area contributed by atoms with Gasteiger partial charge >= 0.3 is 0 Å². The fourth-order valence-electron chi connectivity index (χ4n) is 1.87. The van der Waals surface area contributed by atoms with Crippen molar-refractivity contribution in [2.24, 2.45) is 5.73 Å². The summed E-state index contributed by atoms with van der Waals surface area (Å²) in [4.78, 5) is 0. The van der Waals surface area contributed by atoms with Crippen molar-refractivity contribution in [3.05, 3.63) is 59.4 Å². The smallest absolute Gasteiger partial charge is 0.0995 e. The largest absolute Gasteiger partial charge is 0.350 e. The van der Waals surface area contributed by atoms with Crippen LogP contribution in [0.1, 0.15) is 16.7 Å². The van der Waals surface area contributed by atoms with E-state index in [-0.39, 0.29) is 0 Å². The van der Waals surface area contributed by atoms with Crippen molar-refractivity contribution in [1.29, 1.82) is 5.26 Å². The second-order valence-corrected chi connectivity index (χ2v) is 4.00. The number of nitrogens with two attached hydrogens (primary N) is 1. The highest BCUT2D eigenvalue weighted by molar-refractivity contribution is 5.37. The van der Waals surface area contributed by atoms with E-state index in [1.165, 1.54) is 5.56 Å². The Labute approximate surface area is 101 Å². The summed E-state index contributed by atoms with van der Waals surface area (Å²) in [6.07, 6.45) is 5.01. The van der Waals surface area contributed by atoms with Crippen LogP contribution in [0.3, 0.4) is 0 Å². The van der Waals surface area contributed by atoms with Crippen molar-refractivity contribution < 1.29 is 0 Å². The Morgan fingerprint density at radius 2 is 2.06 bits per heavy atom. The Morgan fingerprint density at radius 3 is 2.82 bits per heavy atom. The quantitative estimate of drug-likeness (QED) is 0.864. The number of nitrogens with zero attached hydrogens (tertiary/aromatic N) is 2. The molecular weight excluding hydrogens is 210 g/mol. The minimum atomic E-state index is 0.665. The molecule has 0 fully saturated rings. The normalized spacial score (nSPS) is 10.1. The third-order valence-corrected chi connectivity index (χ3v) is 2.74. The van der Waals surface area contributed by atoms with Crippen LogP contribution in [0.5, 0.6) is 0 Å². The van der Waals surface area contributed by atoms with Crippen molar-refractivity contribution in [3.63, 3.8) is 0 Å². The number of nitriles is 1. The number of hydrogen-bond donors (Lipinski definition) is 1. The number of aromatic nitrogens is 1. The van der Waals surface area contributed by atoms with Crippen LogP contribution < -0.4 is 5.73 Å². The van der Waals surface area contributed by atoms with Crippen molar-refractivity contribution >= 4 is 0 Å². The van der Waals surface area contributed by atoms with Gasteiger partial charge in [-0.2, -0.15) is 5.26 Å². The predicted octanol–water partition coefficient (Wildman–Crippen LogP) is 1.91. The molecule has 17 heavy (non-hydrogen) atoms. The summed E-state index contributed by atoms with van der Waals surface area (Å²) in [5, 5.41) is 9.01. The molecule has 0 aliphatic rings. The zero-order valence-electron chi connectivity index (χ0n) is 9.63. The van der Waals surface area contributed by atoms with Gasteiger partial charge in [0, 0.05) is 18.9 Å². The third-order valence-electron chi connectivity index (χ3n) is 2.74. The monoisotopic (exact) mass is 225 g/mol. The summed E-state index contributed by atoms with van der Waals surface area (Å²) < 4.78 is 2.08. The first-order chi connectivity index (χ1) is 8.33. The Morgan fingerprint density at radius 1 is 1.24 bits per heavy atom. The van der Waals surface area contributed by atoms with E-state index in [0.29, 0.717) is 6.54 Å². The summed E-state index contributed by atoms with van der Waals surface area (Å²) in [5.41, 5.74) is 8.54. The molecule has 2 aromatic rings. The Kier molecular flexibility index (Phi) is 3.59. The highest BCUT2D eigenvalue weighted by atomic mass is 14.9. The fourth-order valence-corrected chi connectivity index (χ4v) is 1.87. The molecule has 86 valence electrons. The lowest BCUT2D eigenvalue weighted by Crippen LogP contribution is -2.02. The topological polar surface area (TPSA) is 54.7 Å². The zero-order chi connectivity index (χ0) is 12.1. The van der Waals surface area contributed by atoms with Crippen molar-refractivity contribution in [1.82, 2.24) is 4.57 Å². The predicted molar refractivity (Wildman–Crippen MR) is 67.4 cm³/mol. The molecule has 0 amide bonds. The molecule has 0 bridgehead atoms. The van der Waals surface area contributed by atoms with Crippen LogP contribution in [0.15, 0.2) is 42.7 Å². The van der Waals surface area contributed by atoms with E-state index in [9.17, 15) is 0 Å². The Hall–Kier alpha value is -2.05. The highest BCUT2D eigenvalue weighted by Gasteiger charge is 2.02. The van der Waals surface area contributed by atoms with E-state index < -0.39 is 0 Å². The summed E-state index contributed by atoms with van der Waals surface area (Å²) >= 11 is 0. The minimum Gasteiger partial charge on any atom is -0.350 e. The highest BCUT2D eigenvalue weighted by Crippen LogP contribution is 2.11. The molecule has 0 saturated heterocycles. The lowest BCUT2D eigenvalue weighted by atomic mass is 10.1. The fraction of sp³-hybridized carbons (Fsp3) is 0.214. The van der Waals surface area contributed by atoms with Gasteiger partial charge in [0.2, 0.25) is 0 Å². The maximum absolute atomic E-state index is 9.01. The lowest BCUT2D eigenvalue weighted by Gasteiger charge is -2.04. The molecule has 1 heterocycles. The van der Waals surface area contributed by atoms with E-state index in [0.717, 1.165) is 24.1 Å². The number of rotatable bonds is 4. The summed E-state index contributed by atoms with van der Waals surface area (Å²) in [7, 11) is 0. The van der Waals surface area contributed by atoms with E-state index in [1.807, 2.05) is 30.5 Å². The van der Waals surface area contributed by atoms with E-state index >= 15 is 0 Å². The van der Waals surface area contributed by atoms with Gasteiger partial charge in [-0.3, -0.25) is 0 Å². The van der Waals surface area contributed by atoms with Crippen LogP contribution in [-0.4, -0.2) is 11.1 Å². The van der Waals surface area contributed by atoms with Crippen LogP contribution in [0, 0.1) is 11.3 Å². The van der Waals surface area contributed by atoms with Gasteiger partial charge in [0.25, 0.3) is 0 Å². The molecule has 0 aliphatic heterocycles. The second kappa shape index (κ2) is 5.33. The zero-order valence-corrected chi connectivity index (χ0v) is 9.63. The molecule has 2 rings (SSSR count). The Balaban J connectivity index is 2.17. The maximum atomic E-state index is 9.01. The van der Waals surface area contributed by atoms with Gasteiger partial charge in [-0.1, -0.05) is 18.2 Å². The SMILES string of the molecule is N#Cc1ccccc1Cn1ccc(CCN)c1. The molecule has 0 spiro atoms. The first-order valence-electron chi connectivity index (χ1n) is 5.66. The van der Waals surface area contributed by atoms with Gasteiger partial charge in [-0.25, -0.2) is 0 Å². The Bertz CT molecular complexity index is 534. The van der Waals surface area contributed by atoms with Crippen LogP contribution in [-0.2, 0) is 13.0 Å². The van der Waals surface area contributed by atoms with Crippen molar-refractivity contribution in [3.8, 4) is 6.07 Å². The molecule has 0 unspecified atom stereocenters. The molecule has 0 atom stereocenters. The van der Waals surface area contributed by atoms with Gasteiger partial charge in [0.1, 0.15) is 0 Å². The molecular formula is C14H15N3. The van der Waals surface area contributed by atoms with Gasteiger partial charge in [-0.05, 0) is 36.2 Å². The molecule has 0 radical (unpaired) electrons. The molecule has 0 saturated carbocycles. The van der Waals surface area contributed by atoms with Crippen molar-refractivity contribution in [2.75, 3.05) is 6.54 Å². The maximum Gasteiger partial charge on any atom is 0.0995 e. The number of hydrogen-bond acceptors (Lipinski definition) is 2. The van der Waals surface area contributed by atoms with Crippen LogP contribution in [0.25, 0.3) is 0 Å². The number of benzene rings is 1. The van der Waals surface area contributed by atoms with Crippen LogP contribution >= 0.6 is 0 Å². The molecule has 1 aromatic heterocycles. The standard InChI is InChI=1S/C14H15N3/c15-7-5-12-6-8-17(10-12)11-14-4-2-1-3-13(14)9-16/h1-4,6,8,10H,5,7,11,15H2. The summed E-state index contributed by atoms with van der Waals surface area (Å²) in [6, 6.07) is 12.0. The van der Waals surface area contributed by atoms with Crippen molar-refractivity contribution in [2.45, 2.75) is 13.0 Å². The van der Waals surface area contributed by atoms with E-state index in [2.05, 4.69) is 22.9 Å². The third kappa shape index (κ3) is 2.74.